The summed E-state index contributed by atoms with van der Waals surface area (Å²) in [7, 11) is 0. The van der Waals surface area contributed by atoms with Gasteiger partial charge in [-0.25, -0.2) is 9.48 Å². The molecule has 6 heteroatoms. The van der Waals surface area contributed by atoms with Crippen LogP contribution in [0.25, 0.3) is 16.7 Å². The average Bonchev–Trinajstić information content (AvgIpc) is 3.10. The SMILES string of the molecule is Cc1nn(-c2ccccc2)c2c1C1c3c(ccc4c(C)cc(=O)oc34)OCC1CO2. The van der Waals surface area contributed by atoms with Crippen molar-refractivity contribution in [2.45, 2.75) is 19.8 Å². The predicted molar refractivity (Wildman–Crippen MR) is 112 cm³/mol. The molecule has 4 aromatic rings. The van der Waals surface area contributed by atoms with Gasteiger partial charge in [-0.2, -0.15) is 5.10 Å². The summed E-state index contributed by atoms with van der Waals surface area (Å²) in [5, 5.41) is 5.73. The quantitative estimate of drug-likeness (QED) is 0.450. The molecule has 0 N–H and O–H groups in total. The third-order valence-corrected chi connectivity index (χ3v) is 6.16. The van der Waals surface area contributed by atoms with Crippen LogP contribution < -0.4 is 15.1 Å². The predicted octanol–water partition coefficient (Wildman–Crippen LogP) is 4.13. The molecule has 0 radical (unpaired) electrons. The highest BCUT2D eigenvalue weighted by Gasteiger charge is 2.43. The summed E-state index contributed by atoms with van der Waals surface area (Å²) >= 11 is 0. The molecular weight excluding hydrogens is 380 g/mol. The van der Waals surface area contributed by atoms with Crippen molar-refractivity contribution in [1.29, 1.82) is 0 Å². The highest BCUT2D eigenvalue weighted by atomic mass is 16.5. The van der Waals surface area contributed by atoms with E-state index in [1.807, 2.05) is 61.0 Å². The Morgan fingerprint density at radius 1 is 1.00 bits per heavy atom. The third-order valence-electron chi connectivity index (χ3n) is 6.16. The third kappa shape index (κ3) is 2.36. The van der Waals surface area contributed by atoms with Gasteiger partial charge in [0.2, 0.25) is 5.88 Å². The molecule has 0 aliphatic carbocycles. The van der Waals surface area contributed by atoms with Crippen LogP contribution in [0.15, 0.2) is 57.7 Å². The van der Waals surface area contributed by atoms with E-state index in [-0.39, 0.29) is 17.5 Å². The number of hydrogen-bond acceptors (Lipinski definition) is 5. The van der Waals surface area contributed by atoms with Crippen LogP contribution >= 0.6 is 0 Å². The van der Waals surface area contributed by atoms with Gasteiger partial charge in [-0.05, 0) is 43.7 Å². The molecule has 0 bridgehead atoms. The monoisotopic (exact) mass is 400 g/mol. The van der Waals surface area contributed by atoms with Crippen LogP contribution in [-0.4, -0.2) is 23.0 Å². The van der Waals surface area contributed by atoms with Crippen LogP contribution in [0, 0.1) is 19.8 Å². The van der Waals surface area contributed by atoms with Crippen molar-refractivity contribution in [1.82, 2.24) is 9.78 Å². The van der Waals surface area contributed by atoms with Crippen molar-refractivity contribution >= 4 is 11.0 Å². The summed E-state index contributed by atoms with van der Waals surface area (Å²) in [4.78, 5) is 12.2. The molecule has 6 nitrogen and oxygen atoms in total. The molecule has 4 heterocycles. The van der Waals surface area contributed by atoms with E-state index in [0.717, 1.165) is 45.1 Å². The lowest BCUT2D eigenvalue weighted by molar-refractivity contribution is 0.121. The molecule has 0 spiro atoms. The van der Waals surface area contributed by atoms with E-state index in [4.69, 9.17) is 19.0 Å². The number of aromatic nitrogens is 2. The van der Waals surface area contributed by atoms with Gasteiger partial charge in [0, 0.05) is 34.4 Å². The first kappa shape index (κ1) is 17.3. The van der Waals surface area contributed by atoms with E-state index in [0.29, 0.717) is 18.8 Å². The number of fused-ring (bicyclic) bond motifs is 7. The van der Waals surface area contributed by atoms with E-state index in [1.165, 1.54) is 6.07 Å². The number of nitrogens with zero attached hydrogens (tertiary/aromatic N) is 2. The number of benzene rings is 2. The molecule has 0 saturated carbocycles. The van der Waals surface area contributed by atoms with Crippen molar-refractivity contribution in [2.75, 3.05) is 13.2 Å². The van der Waals surface area contributed by atoms with Crippen molar-refractivity contribution in [2.24, 2.45) is 5.92 Å². The van der Waals surface area contributed by atoms with Crippen LogP contribution in [0.1, 0.15) is 28.3 Å². The van der Waals surface area contributed by atoms with E-state index < -0.39 is 0 Å². The normalized spacial score (nSPS) is 19.4. The summed E-state index contributed by atoms with van der Waals surface area (Å²) in [5.74, 6) is 1.62. The van der Waals surface area contributed by atoms with Gasteiger partial charge in [0.25, 0.3) is 0 Å². The van der Waals surface area contributed by atoms with Gasteiger partial charge in [-0.1, -0.05) is 18.2 Å². The smallest absolute Gasteiger partial charge is 0.336 e. The summed E-state index contributed by atoms with van der Waals surface area (Å²) < 4.78 is 19.9. The minimum Gasteiger partial charge on any atom is -0.493 e. The summed E-state index contributed by atoms with van der Waals surface area (Å²) in [6.45, 7) is 5.00. The first-order valence-electron chi connectivity index (χ1n) is 10.1. The lowest BCUT2D eigenvalue weighted by atomic mass is 9.77. The van der Waals surface area contributed by atoms with Crippen molar-refractivity contribution in [3.63, 3.8) is 0 Å². The fourth-order valence-electron chi connectivity index (χ4n) is 4.81. The molecule has 0 amide bonds. The Balaban J connectivity index is 1.64. The second kappa shape index (κ2) is 6.23. The molecule has 0 fully saturated rings. The van der Waals surface area contributed by atoms with Crippen LogP contribution in [-0.2, 0) is 0 Å². The number of rotatable bonds is 1. The van der Waals surface area contributed by atoms with Crippen molar-refractivity contribution in [3.05, 3.63) is 81.3 Å². The fraction of sp³-hybridized carbons (Fsp3) is 0.250. The molecule has 0 saturated heterocycles. The van der Waals surface area contributed by atoms with Crippen molar-refractivity contribution in [3.8, 4) is 17.3 Å². The Morgan fingerprint density at radius 2 is 1.80 bits per heavy atom. The van der Waals surface area contributed by atoms with Crippen LogP contribution in [0.4, 0.5) is 0 Å². The van der Waals surface area contributed by atoms with Gasteiger partial charge >= 0.3 is 5.63 Å². The molecule has 2 aliphatic rings. The summed E-state index contributed by atoms with van der Waals surface area (Å²) in [5.41, 5.74) is 4.97. The lowest BCUT2D eigenvalue weighted by Crippen LogP contribution is -2.35. The second-order valence-corrected chi connectivity index (χ2v) is 8.01. The highest BCUT2D eigenvalue weighted by Crippen LogP contribution is 2.51. The number of para-hydroxylation sites is 1. The molecule has 2 unspecified atom stereocenters. The summed E-state index contributed by atoms with van der Waals surface area (Å²) in [6.07, 6.45) is 0. The zero-order valence-electron chi connectivity index (χ0n) is 16.7. The zero-order chi connectivity index (χ0) is 20.4. The van der Waals surface area contributed by atoms with Gasteiger partial charge in [-0.3, -0.25) is 0 Å². The van der Waals surface area contributed by atoms with E-state index in [2.05, 4.69) is 0 Å². The Morgan fingerprint density at radius 3 is 2.63 bits per heavy atom. The molecule has 2 atom stereocenters. The number of hydrogen-bond donors (Lipinski definition) is 0. The molecule has 150 valence electrons. The molecule has 2 aromatic carbocycles. The minimum atomic E-state index is -0.348. The Hall–Kier alpha value is -3.54. The molecule has 2 aliphatic heterocycles. The first-order valence-corrected chi connectivity index (χ1v) is 10.1. The highest BCUT2D eigenvalue weighted by molar-refractivity contribution is 5.86. The van der Waals surface area contributed by atoms with E-state index in [1.54, 1.807) is 0 Å². The Bertz CT molecular complexity index is 1350. The maximum Gasteiger partial charge on any atom is 0.336 e. The maximum absolute atomic E-state index is 12.2. The minimum absolute atomic E-state index is 0.0105. The molecule has 2 aromatic heterocycles. The van der Waals surface area contributed by atoms with E-state index in [9.17, 15) is 4.79 Å². The van der Waals surface area contributed by atoms with Gasteiger partial charge in [0.05, 0.1) is 24.6 Å². The van der Waals surface area contributed by atoms with Gasteiger partial charge < -0.3 is 13.9 Å². The standard InChI is InChI=1S/C24H20N2O4/c1-13-10-19(27)30-23-17(13)8-9-18-22(23)21-15(11-28-18)12-29-24-20(21)14(2)25-26(24)16-6-4-3-5-7-16/h3-10,15,21H,11-12H2,1-2H3. The maximum atomic E-state index is 12.2. The van der Waals surface area contributed by atoms with Gasteiger partial charge in [0.15, 0.2) is 0 Å². The lowest BCUT2D eigenvalue weighted by Gasteiger charge is -2.37. The van der Waals surface area contributed by atoms with Gasteiger partial charge in [0.1, 0.15) is 11.3 Å². The number of ether oxygens (including phenoxy) is 2. The molecule has 6 rings (SSSR count). The van der Waals surface area contributed by atoms with Crippen molar-refractivity contribution < 1.29 is 13.9 Å². The molecule has 30 heavy (non-hydrogen) atoms. The largest absolute Gasteiger partial charge is 0.493 e. The van der Waals surface area contributed by atoms with E-state index >= 15 is 0 Å². The Kier molecular flexibility index (Phi) is 3.60. The number of aryl methyl sites for hydroxylation is 2. The van der Waals surface area contributed by atoms with Crippen LogP contribution in [0.3, 0.4) is 0 Å². The summed E-state index contributed by atoms with van der Waals surface area (Å²) in [6, 6.07) is 15.5. The first-order chi connectivity index (χ1) is 14.6. The average molecular weight is 400 g/mol. The van der Waals surface area contributed by atoms with Crippen LogP contribution in [0.2, 0.25) is 0 Å². The van der Waals surface area contributed by atoms with Gasteiger partial charge in [-0.15, -0.1) is 0 Å². The molecular formula is C24H20N2O4. The zero-order valence-corrected chi connectivity index (χ0v) is 16.7. The van der Waals surface area contributed by atoms with Crippen LogP contribution in [0.5, 0.6) is 11.6 Å². The fourth-order valence-corrected chi connectivity index (χ4v) is 4.81. The Labute approximate surface area is 172 Å². The second-order valence-electron chi connectivity index (χ2n) is 8.01. The topological polar surface area (TPSA) is 66.5 Å².